The number of anilines is 1. The first kappa shape index (κ1) is 11.6. The van der Waals surface area contributed by atoms with Crippen LogP contribution in [-0.2, 0) is 4.79 Å². The van der Waals surface area contributed by atoms with E-state index in [1.807, 2.05) is 18.2 Å². The Bertz CT molecular complexity index is 420. The topological polar surface area (TPSA) is 73.6 Å². The lowest BCUT2D eigenvalue weighted by Gasteiger charge is -2.19. The highest BCUT2D eigenvalue weighted by Crippen LogP contribution is 2.32. The molecule has 1 aromatic carbocycles. The van der Waals surface area contributed by atoms with Gasteiger partial charge in [0, 0.05) is 18.3 Å². The molecule has 1 heterocycles. The highest BCUT2D eigenvalue weighted by Gasteiger charge is 2.12. The molecule has 0 aliphatic carbocycles. The molecule has 92 valence electrons. The van der Waals surface area contributed by atoms with Gasteiger partial charge in [-0.05, 0) is 12.1 Å². The van der Waals surface area contributed by atoms with Gasteiger partial charge in [-0.1, -0.05) is 6.92 Å². The minimum absolute atomic E-state index is 0.205. The van der Waals surface area contributed by atoms with Gasteiger partial charge in [0.2, 0.25) is 5.91 Å². The van der Waals surface area contributed by atoms with Crippen LogP contribution >= 0.6 is 0 Å². The van der Waals surface area contributed by atoms with E-state index >= 15 is 0 Å². The largest absolute Gasteiger partial charge is 0.486 e. The Morgan fingerprint density at radius 1 is 1.41 bits per heavy atom. The predicted molar refractivity (Wildman–Crippen MR) is 64.3 cm³/mol. The van der Waals surface area contributed by atoms with Crippen molar-refractivity contribution in [3.63, 3.8) is 0 Å². The van der Waals surface area contributed by atoms with Gasteiger partial charge in [0.05, 0.1) is 5.92 Å². The van der Waals surface area contributed by atoms with Crippen molar-refractivity contribution in [2.24, 2.45) is 11.7 Å². The van der Waals surface area contributed by atoms with Gasteiger partial charge < -0.3 is 20.5 Å². The number of hydrogen-bond acceptors (Lipinski definition) is 4. The molecule has 0 saturated carbocycles. The second-order valence-electron chi connectivity index (χ2n) is 4.04. The van der Waals surface area contributed by atoms with Crippen LogP contribution in [0.1, 0.15) is 6.92 Å². The molecule has 1 aliphatic heterocycles. The van der Waals surface area contributed by atoms with Crippen molar-refractivity contribution in [3.8, 4) is 11.5 Å². The minimum atomic E-state index is -0.310. The summed E-state index contributed by atoms with van der Waals surface area (Å²) in [5.74, 6) is 0.968. The van der Waals surface area contributed by atoms with Crippen molar-refractivity contribution in [1.29, 1.82) is 0 Å². The summed E-state index contributed by atoms with van der Waals surface area (Å²) in [7, 11) is 0. The van der Waals surface area contributed by atoms with Gasteiger partial charge in [-0.2, -0.15) is 0 Å². The molecule has 0 fully saturated rings. The first-order chi connectivity index (χ1) is 8.16. The third-order valence-electron chi connectivity index (χ3n) is 2.64. The van der Waals surface area contributed by atoms with E-state index in [0.29, 0.717) is 19.8 Å². The van der Waals surface area contributed by atoms with E-state index in [0.717, 1.165) is 17.2 Å². The Morgan fingerprint density at radius 2 is 2.12 bits per heavy atom. The summed E-state index contributed by atoms with van der Waals surface area (Å²) in [4.78, 5) is 10.9. The number of amides is 1. The van der Waals surface area contributed by atoms with Crippen LogP contribution in [0.25, 0.3) is 0 Å². The van der Waals surface area contributed by atoms with Gasteiger partial charge in [0.15, 0.2) is 11.5 Å². The molecule has 0 radical (unpaired) electrons. The molecule has 1 amide bonds. The third-order valence-corrected chi connectivity index (χ3v) is 2.64. The first-order valence-corrected chi connectivity index (χ1v) is 5.59. The van der Waals surface area contributed by atoms with Crippen molar-refractivity contribution >= 4 is 11.6 Å². The summed E-state index contributed by atoms with van der Waals surface area (Å²) in [6.45, 7) is 3.44. The summed E-state index contributed by atoms with van der Waals surface area (Å²) < 4.78 is 10.9. The SMILES string of the molecule is CC(CNc1ccc2c(c1)OCCO2)C(N)=O. The van der Waals surface area contributed by atoms with Gasteiger partial charge in [-0.25, -0.2) is 0 Å². The lowest BCUT2D eigenvalue weighted by atomic mass is 10.1. The molecule has 5 nitrogen and oxygen atoms in total. The van der Waals surface area contributed by atoms with Crippen LogP contribution in [0.5, 0.6) is 11.5 Å². The lowest BCUT2D eigenvalue weighted by Crippen LogP contribution is -2.26. The van der Waals surface area contributed by atoms with E-state index in [-0.39, 0.29) is 11.8 Å². The molecule has 3 N–H and O–H groups in total. The van der Waals surface area contributed by atoms with E-state index in [4.69, 9.17) is 15.2 Å². The number of carbonyl (C=O) groups excluding carboxylic acids is 1. The zero-order chi connectivity index (χ0) is 12.3. The van der Waals surface area contributed by atoms with E-state index in [2.05, 4.69) is 5.32 Å². The molecule has 17 heavy (non-hydrogen) atoms. The molecule has 1 aliphatic rings. The van der Waals surface area contributed by atoms with Gasteiger partial charge in [0.25, 0.3) is 0 Å². The van der Waals surface area contributed by atoms with Crippen molar-refractivity contribution in [2.75, 3.05) is 25.1 Å². The highest BCUT2D eigenvalue weighted by atomic mass is 16.6. The molecular weight excluding hydrogens is 220 g/mol. The second kappa shape index (κ2) is 4.95. The first-order valence-electron chi connectivity index (χ1n) is 5.59. The molecule has 0 saturated heterocycles. The van der Waals surface area contributed by atoms with E-state index in [1.165, 1.54) is 0 Å². The van der Waals surface area contributed by atoms with Crippen molar-refractivity contribution in [1.82, 2.24) is 0 Å². The smallest absolute Gasteiger partial charge is 0.222 e. The van der Waals surface area contributed by atoms with Crippen LogP contribution in [0, 0.1) is 5.92 Å². The summed E-state index contributed by atoms with van der Waals surface area (Å²) in [6.07, 6.45) is 0. The van der Waals surface area contributed by atoms with Crippen LogP contribution in [0.2, 0.25) is 0 Å². The third kappa shape index (κ3) is 2.81. The van der Waals surface area contributed by atoms with Crippen LogP contribution in [0.3, 0.4) is 0 Å². The van der Waals surface area contributed by atoms with Gasteiger partial charge in [0.1, 0.15) is 13.2 Å². The fraction of sp³-hybridized carbons (Fsp3) is 0.417. The van der Waals surface area contributed by atoms with Crippen molar-refractivity contribution in [3.05, 3.63) is 18.2 Å². The van der Waals surface area contributed by atoms with E-state index in [1.54, 1.807) is 6.92 Å². The van der Waals surface area contributed by atoms with Crippen LogP contribution < -0.4 is 20.5 Å². The van der Waals surface area contributed by atoms with Gasteiger partial charge >= 0.3 is 0 Å². The Hall–Kier alpha value is -1.91. The number of nitrogens with two attached hydrogens (primary N) is 1. The molecule has 1 aromatic rings. The zero-order valence-corrected chi connectivity index (χ0v) is 9.73. The Balaban J connectivity index is 2.00. The standard InChI is InChI=1S/C12H16N2O3/c1-8(12(13)15)7-14-9-2-3-10-11(6-9)17-5-4-16-10/h2-3,6,8,14H,4-5,7H2,1H3,(H2,13,15). The molecule has 0 spiro atoms. The molecule has 2 rings (SSSR count). The van der Waals surface area contributed by atoms with E-state index in [9.17, 15) is 4.79 Å². The maximum absolute atomic E-state index is 10.9. The summed E-state index contributed by atoms with van der Waals surface area (Å²) in [5, 5.41) is 3.14. The number of ether oxygens (including phenoxy) is 2. The fourth-order valence-electron chi connectivity index (χ4n) is 1.52. The number of rotatable bonds is 4. The Morgan fingerprint density at radius 3 is 2.82 bits per heavy atom. The Labute approximate surface area is 99.9 Å². The predicted octanol–water partition coefficient (Wildman–Crippen LogP) is 0.991. The number of fused-ring (bicyclic) bond motifs is 1. The average molecular weight is 236 g/mol. The number of hydrogen-bond donors (Lipinski definition) is 2. The molecule has 1 atom stereocenters. The van der Waals surface area contributed by atoms with Gasteiger partial charge in [-0.15, -0.1) is 0 Å². The average Bonchev–Trinajstić information content (AvgIpc) is 2.35. The quantitative estimate of drug-likeness (QED) is 0.817. The summed E-state index contributed by atoms with van der Waals surface area (Å²) in [6, 6.07) is 5.61. The normalized spacial score (nSPS) is 15.1. The van der Waals surface area contributed by atoms with Crippen LogP contribution in [0.15, 0.2) is 18.2 Å². The van der Waals surface area contributed by atoms with E-state index < -0.39 is 0 Å². The zero-order valence-electron chi connectivity index (χ0n) is 9.73. The number of carbonyl (C=O) groups is 1. The number of primary amides is 1. The van der Waals surface area contributed by atoms with Crippen molar-refractivity contribution in [2.45, 2.75) is 6.92 Å². The van der Waals surface area contributed by atoms with Gasteiger partial charge in [-0.3, -0.25) is 4.79 Å². The molecular formula is C12H16N2O3. The maximum Gasteiger partial charge on any atom is 0.222 e. The molecule has 0 aromatic heterocycles. The summed E-state index contributed by atoms with van der Waals surface area (Å²) >= 11 is 0. The highest BCUT2D eigenvalue weighted by molar-refractivity contribution is 5.76. The molecule has 5 heteroatoms. The minimum Gasteiger partial charge on any atom is -0.486 e. The monoisotopic (exact) mass is 236 g/mol. The maximum atomic E-state index is 10.9. The Kier molecular flexibility index (Phi) is 3.37. The fourth-order valence-corrected chi connectivity index (χ4v) is 1.52. The molecule has 1 unspecified atom stereocenters. The summed E-state index contributed by atoms with van der Waals surface area (Å²) in [5.41, 5.74) is 6.08. The number of benzene rings is 1. The molecule has 0 bridgehead atoms. The second-order valence-corrected chi connectivity index (χ2v) is 4.04. The van der Waals surface area contributed by atoms with Crippen molar-refractivity contribution < 1.29 is 14.3 Å². The lowest BCUT2D eigenvalue weighted by molar-refractivity contribution is -0.120. The van der Waals surface area contributed by atoms with Crippen LogP contribution in [0.4, 0.5) is 5.69 Å². The van der Waals surface area contributed by atoms with Crippen LogP contribution in [-0.4, -0.2) is 25.7 Å². The number of nitrogens with one attached hydrogen (secondary N) is 1.